The fourth-order valence-corrected chi connectivity index (χ4v) is 3.39. The number of nitrogens with zero attached hydrogens (tertiary/aromatic N) is 3. The zero-order chi connectivity index (χ0) is 23.0. The summed E-state index contributed by atoms with van der Waals surface area (Å²) in [5.74, 6) is -0.153. The van der Waals surface area contributed by atoms with E-state index in [0.29, 0.717) is 17.0 Å². The highest BCUT2D eigenvalue weighted by molar-refractivity contribution is 6.32. The molecule has 0 saturated heterocycles. The number of alkyl halides is 3. The third-order valence-corrected chi connectivity index (χ3v) is 5.05. The number of fused-ring (bicyclic) bond motifs is 1. The van der Waals surface area contributed by atoms with Gasteiger partial charge in [0.15, 0.2) is 6.10 Å². The Bertz CT molecular complexity index is 1300. The Morgan fingerprint density at radius 1 is 1.28 bits per heavy atom. The van der Waals surface area contributed by atoms with E-state index in [2.05, 4.69) is 10.1 Å². The molecule has 2 heterocycles. The number of ether oxygens (including phenoxy) is 1. The molecule has 0 radical (unpaired) electrons. The van der Waals surface area contributed by atoms with Gasteiger partial charge in [-0.05, 0) is 37.3 Å². The quantitative estimate of drug-likeness (QED) is 0.441. The summed E-state index contributed by atoms with van der Waals surface area (Å²) in [5.41, 5.74) is 7.15. The number of carbonyl (C=O) groups is 1. The average molecular weight is 465 g/mol. The number of hydrogen-bond donors (Lipinski definition) is 1. The zero-order valence-electron chi connectivity index (χ0n) is 16.6. The Kier molecular flexibility index (Phi) is 5.55. The minimum atomic E-state index is -4.51. The van der Waals surface area contributed by atoms with Crippen LogP contribution in [0.15, 0.2) is 53.2 Å². The van der Waals surface area contributed by atoms with Crippen LogP contribution in [-0.4, -0.2) is 32.9 Å². The second-order valence-electron chi connectivity index (χ2n) is 7.02. The van der Waals surface area contributed by atoms with Gasteiger partial charge in [-0.1, -0.05) is 28.9 Å². The predicted octanol–water partition coefficient (Wildman–Crippen LogP) is 4.83. The van der Waals surface area contributed by atoms with Gasteiger partial charge in [0.2, 0.25) is 11.7 Å². The fourth-order valence-electron chi connectivity index (χ4n) is 3.16. The van der Waals surface area contributed by atoms with E-state index in [9.17, 15) is 18.0 Å². The topological polar surface area (TPSA) is 96.2 Å². The molecule has 0 aliphatic rings. The molecule has 32 heavy (non-hydrogen) atoms. The smallest absolute Gasteiger partial charge is 0.425 e. The number of amides is 1. The molecule has 1 amide bonds. The zero-order valence-corrected chi connectivity index (χ0v) is 17.3. The van der Waals surface area contributed by atoms with E-state index in [0.717, 1.165) is 17.8 Å². The van der Waals surface area contributed by atoms with Crippen molar-refractivity contribution in [2.24, 2.45) is 5.73 Å². The Morgan fingerprint density at radius 2 is 2.06 bits per heavy atom. The predicted molar refractivity (Wildman–Crippen MR) is 111 cm³/mol. The van der Waals surface area contributed by atoms with Crippen LogP contribution in [0.2, 0.25) is 5.02 Å². The van der Waals surface area contributed by atoms with Crippen molar-refractivity contribution < 1.29 is 27.2 Å². The van der Waals surface area contributed by atoms with Gasteiger partial charge < -0.3 is 19.6 Å². The van der Waals surface area contributed by atoms with Crippen molar-refractivity contribution in [2.45, 2.75) is 25.7 Å². The van der Waals surface area contributed by atoms with E-state index in [1.807, 2.05) is 12.1 Å². The van der Waals surface area contributed by atoms with Gasteiger partial charge in [-0.25, -0.2) is 0 Å². The molecule has 4 aromatic rings. The van der Waals surface area contributed by atoms with Crippen molar-refractivity contribution in [3.05, 3.63) is 53.7 Å². The number of halogens is 4. The minimum absolute atomic E-state index is 0.0241. The molecule has 1 unspecified atom stereocenters. The van der Waals surface area contributed by atoms with Crippen LogP contribution in [0.5, 0.6) is 5.75 Å². The van der Waals surface area contributed by atoms with Gasteiger partial charge in [0.25, 0.3) is 5.89 Å². The standard InChI is InChI=1S/C21H16ClF3N4O3/c1-11(21(23,24)25)31-17-6-5-12(9-15(17)22)20-27-19(28-32-20)14-3-2-4-16-13(14)7-8-29(16)10-18(26)30/h2-9,11H,10H2,1H3,(H2,26,30). The van der Waals surface area contributed by atoms with Crippen molar-refractivity contribution in [1.82, 2.24) is 14.7 Å². The molecule has 0 aliphatic heterocycles. The maximum Gasteiger partial charge on any atom is 0.425 e. The van der Waals surface area contributed by atoms with Crippen LogP contribution in [0.1, 0.15) is 6.92 Å². The number of rotatable bonds is 6. The van der Waals surface area contributed by atoms with Crippen LogP contribution in [-0.2, 0) is 11.3 Å². The van der Waals surface area contributed by atoms with Crippen LogP contribution in [0, 0.1) is 0 Å². The lowest BCUT2D eigenvalue weighted by atomic mass is 10.1. The average Bonchev–Trinajstić information content (AvgIpc) is 3.36. The molecule has 7 nitrogen and oxygen atoms in total. The van der Waals surface area contributed by atoms with Crippen LogP contribution in [0.3, 0.4) is 0 Å². The molecule has 0 bridgehead atoms. The Labute approximate surface area is 184 Å². The number of aromatic nitrogens is 3. The van der Waals surface area contributed by atoms with Crippen LogP contribution in [0.25, 0.3) is 33.7 Å². The first-order valence-corrected chi connectivity index (χ1v) is 9.75. The first-order chi connectivity index (χ1) is 15.1. The first-order valence-electron chi connectivity index (χ1n) is 9.37. The van der Waals surface area contributed by atoms with Crippen molar-refractivity contribution in [3.8, 4) is 28.6 Å². The molecule has 0 spiro atoms. The van der Waals surface area contributed by atoms with Gasteiger partial charge in [-0.3, -0.25) is 4.79 Å². The van der Waals surface area contributed by atoms with E-state index in [-0.39, 0.29) is 23.2 Å². The van der Waals surface area contributed by atoms with Gasteiger partial charge in [0, 0.05) is 28.2 Å². The van der Waals surface area contributed by atoms with Gasteiger partial charge in [0.05, 0.1) is 5.02 Å². The molecule has 2 aromatic carbocycles. The van der Waals surface area contributed by atoms with E-state index >= 15 is 0 Å². The highest BCUT2D eigenvalue weighted by atomic mass is 35.5. The lowest BCUT2D eigenvalue weighted by Crippen LogP contribution is -2.31. The summed E-state index contributed by atoms with van der Waals surface area (Å²) < 4.78 is 50.1. The highest BCUT2D eigenvalue weighted by Crippen LogP contribution is 2.34. The SMILES string of the molecule is CC(Oc1ccc(-c2nc(-c3cccc4c3ccn4CC(N)=O)no2)cc1Cl)C(F)(F)F. The molecule has 4 rings (SSSR count). The van der Waals surface area contributed by atoms with Crippen LogP contribution >= 0.6 is 11.6 Å². The van der Waals surface area contributed by atoms with Crippen LogP contribution < -0.4 is 10.5 Å². The maximum atomic E-state index is 12.7. The maximum absolute atomic E-state index is 12.7. The second kappa shape index (κ2) is 8.19. The van der Waals surface area contributed by atoms with Gasteiger partial charge in [0.1, 0.15) is 12.3 Å². The summed E-state index contributed by atoms with van der Waals surface area (Å²) >= 11 is 6.10. The lowest BCUT2D eigenvalue weighted by Gasteiger charge is -2.18. The summed E-state index contributed by atoms with van der Waals surface area (Å²) in [6, 6.07) is 11.4. The Balaban J connectivity index is 1.63. The number of hydrogen-bond acceptors (Lipinski definition) is 5. The Morgan fingerprint density at radius 3 is 2.75 bits per heavy atom. The van der Waals surface area contributed by atoms with Crippen molar-refractivity contribution in [1.29, 1.82) is 0 Å². The Hall–Kier alpha value is -3.53. The van der Waals surface area contributed by atoms with Gasteiger partial charge in [-0.15, -0.1) is 0 Å². The molecule has 0 aliphatic carbocycles. The minimum Gasteiger partial charge on any atom is -0.480 e. The summed E-state index contributed by atoms with van der Waals surface area (Å²) in [7, 11) is 0. The molecule has 11 heteroatoms. The van der Waals surface area contributed by atoms with Gasteiger partial charge >= 0.3 is 6.18 Å². The normalized spacial score (nSPS) is 12.8. The number of nitrogens with two attached hydrogens (primary N) is 1. The van der Waals surface area contributed by atoms with E-state index in [1.54, 1.807) is 22.9 Å². The lowest BCUT2D eigenvalue weighted by molar-refractivity contribution is -0.189. The molecule has 166 valence electrons. The van der Waals surface area contributed by atoms with Crippen molar-refractivity contribution >= 4 is 28.4 Å². The fraction of sp³-hybridized carbons (Fsp3) is 0.190. The summed E-state index contributed by atoms with van der Waals surface area (Å²) in [5, 5.41) is 4.78. The van der Waals surface area contributed by atoms with E-state index in [1.165, 1.54) is 18.2 Å². The van der Waals surface area contributed by atoms with Crippen LogP contribution in [0.4, 0.5) is 13.2 Å². The summed E-state index contributed by atoms with van der Waals surface area (Å²) in [4.78, 5) is 15.7. The second-order valence-corrected chi connectivity index (χ2v) is 7.43. The third-order valence-electron chi connectivity index (χ3n) is 4.75. The first kappa shape index (κ1) is 21.7. The van der Waals surface area contributed by atoms with Crippen molar-refractivity contribution in [3.63, 3.8) is 0 Å². The molecule has 0 fully saturated rings. The molecule has 0 saturated carbocycles. The molecule has 1 atom stereocenters. The highest BCUT2D eigenvalue weighted by Gasteiger charge is 2.38. The monoisotopic (exact) mass is 464 g/mol. The molecular formula is C21H16ClF3N4O3. The van der Waals surface area contributed by atoms with Crippen molar-refractivity contribution in [2.75, 3.05) is 0 Å². The molecule has 2 N–H and O–H groups in total. The van der Waals surface area contributed by atoms with Gasteiger partial charge in [-0.2, -0.15) is 18.2 Å². The van der Waals surface area contributed by atoms with E-state index in [4.69, 9.17) is 26.6 Å². The molecule has 2 aromatic heterocycles. The van der Waals surface area contributed by atoms with E-state index < -0.39 is 18.2 Å². The third kappa shape index (κ3) is 4.26. The number of benzene rings is 2. The molecular weight excluding hydrogens is 449 g/mol. The number of carbonyl (C=O) groups excluding carboxylic acids is 1. The summed E-state index contributed by atoms with van der Waals surface area (Å²) in [6.45, 7) is 0.927. The summed E-state index contributed by atoms with van der Waals surface area (Å²) in [6.07, 6.45) is -4.79. The number of primary amides is 1. The largest absolute Gasteiger partial charge is 0.480 e.